The molecule has 8 nitrogen and oxygen atoms in total. The van der Waals surface area contributed by atoms with E-state index in [-0.39, 0.29) is 0 Å². The van der Waals surface area contributed by atoms with Crippen molar-refractivity contribution in [1.29, 1.82) is 0 Å². The topological polar surface area (TPSA) is 103 Å². The van der Waals surface area contributed by atoms with Gasteiger partial charge in [-0.05, 0) is 48.2 Å². The van der Waals surface area contributed by atoms with Gasteiger partial charge in [-0.25, -0.2) is 13.4 Å². The van der Waals surface area contributed by atoms with Crippen LogP contribution in [0.4, 0.5) is 10.1 Å². The van der Waals surface area contributed by atoms with E-state index in [1.165, 1.54) is 6.07 Å². The van der Waals surface area contributed by atoms with E-state index in [4.69, 9.17) is 4.42 Å². The Balaban J connectivity index is 1.41. The minimum absolute atomic E-state index is 0.291. The number of carbonyl (C=O) groups is 1. The van der Waals surface area contributed by atoms with E-state index in [0.717, 1.165) is 23.2 Å². The number of fused-ring (bicyclic) bond motifs is 3. The molecule has 0 spiro atoms. The molecule has 2 aliphatic heterocycles. The number of furan rings is 2. The van der Waals surface area contributed by atoms with Crippen LogP contribution in [0.5, 0.6) is 5.75 Å². The first kappa shape index (κ1) is 18.2. The lowest BCUT2D eigenvalue weighted by atomic mass is 9.97. The number of carbonyl (C=O) groups excluding carboxylic acids is 1. The SMILES string of the molecule is O=C1CN(c2c(O)cc3c(c2F)CN(CCc2cc4ccc2o4)CC3)S(=O)(=O)N1. The van der Waals surface area contributed by atoms with Gasteiger partial charge in [0.15, 0.2) is 5.82 Å². The van der Waals surface area contributed by atoms with Crippen LogP contribution in [0.2, 0.25) is 0 Å². The number of aromatic hydroxyl groups is 1. The number of benzene rings is 2. The molecule has 29 heavy (non-hydrogen) atoms. The van der Waals surface area contributed by atoms with Crippen LogP contribution in [0, 0.1) is 5.82 Å². The Kier molecular flexibility index (Phi) is 3.97. The van der Waals surface area contributed by atoms with Crippen molar-refractivity contribution in [2.75, 3.05) is 23.9 Å². The molecule has 1 fully saturated rings. The zero-order valence-corrected chi connectivity index (χ0v) is 16.1. The van der Waals surface area contributed by atoms with E-state index in [0.29, 0.717) is 41.5 Å². The van der Waals surface area contributed by atoms with Gasteiger partial charge in [0.1, 0.15) is 29.1 Å². The number of anilines is 1. The van der Waals surface area contributed by atoms with Crippen molar-refractivity contribution in [3.63, 3.8) is 0 Å². The molecular weight excluding hydrogens is 401 g/mol. The fourth-order valence-electron chi connectivity index (χ4n) is 4.09. The number of halogens is 1. The summed E-state index contributed by atoms with van der Waals surface area (Å²) in [7, 11) is -4.21. The van der Waals surface area contributed by atoms with Crippen LogP contribution < -0.4 is 9.03 Å². The Hall–Kier alpha value is -2.85. The summed E-state index contributed by atoms with van der Waals surface area (Å²) in [4.78, 5) is 13.6. The number of rotatable bonds is 4. The van der Waals surface area contributed by atoms with Crippen LogP contribution in [0.15, 0.2) is 28.7 Å². The number of phenols is 1. The maximum Gasteiger partial charge on any atom is 0.326 e. The number of hydrogen-bond acceptors (Lipinski definition) is 6. The molecule has 2 aromatic heterocycles. The largest absolute Gasteiger partial charge is 0.506 e. The maximum atomic E-state index is 15.3. The number of hydrogen-bond donors (Lipinski definition) is 2. The molecule has 0 unspecified atom stereocenters. The Bertz CT molecular complexity index is 1220. The highest BCUT2D eigenvalue weighted by Gasteiger charge is 2.39. The van der Waals surface area contributed by atoms with Crippen molar-refractivity contribution in [3.8, 4) is 5.75 Å². The number of nitrogens with zero attached hydrogens (tertiary/aromatic N) is 2. The third-order valence-electron chi connectivity index (χ3n) is 5.52. The standard InChI is InChI=1S/C19H18FN3O5S/c20-18-14-9-22(6-4-12-7-13-1-2-16(12)28-13)5-3-11(14)8-15(24)19(18)23-10-17(25)21-29(23,26)27/h1-2,7-8,24H,3-6,9-10H2,(H,21,25). The predicted octanol–water partition coefficient (Wildman–Crippen LogP) is 1.50. The lowest BCUT2D eigenvalue weighted by molar-refractivity contribution is -0.117. The van der Waals surface area contributed by atoms with E-state index < -0.39 is 39.9 Å². The van der Waals surface area contributed by atoms with Crippen molar-refractivity contribution in [1.82, 2.24) is 9.62 Å². The Labute approximate surface area is 166 Å². The van der Waals surface area contributed by atoms with Gasteiger partial charge >= 0.3 is 10.2 Å². The second-order valence-electron chi connectivity index (χ2n) is 7.38. The molecule has 5 rings (SSSR count). The number of phenolic OH excluding ortho intramolecular Hbond substituents is 1. The Morgan fingerprint density at radius 1 is 1.24 bits per heavy atom. The van der Waals surface area contributed by atoms with Gasteiger partial charge in [-0.15, -0.1) is 0 Å². The monoisotopic (exact) mass is 419 g/mol. The zero-order valence-electron chi connectivity index (χ0n) is 15.3. The average molecular weight is 419 g/mol. The first-order chi connectivity index (χ1) is 13.8. The summed E-state index contributed by atoms with van der Waals surface area (Å²) in [6.07, 6.45) is 1.29. The molecule has 1 aromatic carbocycles. The van der Waals surface area contributed by atoms with Gasteiger partial charge in [-0.2, -0.15) is 8.42 Å². The van der Waals surface area contributed by atoms with Crippen LogP contribution in [0.25, 0.3) is 11.2 Å². The summed E-state index contributed by atoms with van der Waals surface area (Å²) < 4.78 is 47.4. The van der Waals surface area contributed by atoms with Gasteiger partial charge in [-0.3, -0.25) is 9.69 Å². The lowest BCUT2D eigenvalue weighted by Gasteiger charge is -2.30. The smallest absolute Gasteiger partial charge is 0.326 e. The fourth-order valence-corrected chi connectivity index (χ4v) is 5.25. The summed E-state index contributed by atoms with van der Waals surface area (Å²) in [5.74, 6) is -2.06. The molecule has 2 N–H and O–H groups in total. The molecule has 3 aromatic rings. The first-order valence-electron chi connectivity index (χ1n) is 9.21. The molecule has 4 heterocycles. The highest BCUT2D eigenvalue weighted by molar-refractivity contribution is 7.92. The molecule has 2 aliphatic rings. The maximum absolute atomic E-state index is 15.3. The molecule has 0 saturated carbocycles. The van der Waals surface area contributed by atoms with Crippen molar-refractivity contribution < 1.29 is 27.1 Å². The fraction of sp³-hybridized carbons (Fsp3) is 0.316. The van der Waals surface area contributed by atoms with Crippen LogP contribution in [-0.4, -0.2) is 44.0 Å². The molecule has 152 valence electrons. The van der Waals surface area contributed by atoms with E-state index in [2.05, 4.69) is 4.90 Å². The van der Waals surface area contributed by atoms with Gasteiger partial charge in [0.05, 0.1) is 0 Å². The molecule has 0 aliphatic carbocycles. The highest BCUT2D eigenvalue weighted by atomic mass is 32.2. The molecular formula is C19H18FN3O5S. The van der Waals surface area contributed by atoms with Crippen LogP contribution >= 0.6 is 0 Å². The third kappa shape index (κ3) is 2.99. The second kappa shape index (κ2) is 6.33. The molecule has 0 radical (unpaired) electrons. The van der Waals surface area contributed by atoms with Crippen LogP contribution in [0.3, 0.4) is 0 Å². The van der Waals surface area contributed by atoms with Gasteiger partial charge in [-0.1, -0.05) is 0 Å². The van der Waals surface area contributed by atoms with Gasteiger partial charge in [0.25, 0.3) is 5.91 Å². The van der Waals surface area contributed by atoms with Crippen LogP contribution in [-0.2, 0) is 34.4 Å². The molecule has 2 bridgehead atoms. The normalized spacial score (nSPS) is 19.1. The first-order valence-corrected chi connectivity index (χ1v) is 10.7. The average Bonchev–Trinajstić information content (AvgIpc) is 3.34. The van der Waals surface area contributed by atoms with Gasteiger partial charge in [0.2, 0.25) is 0 Å². The van der Waals surface area contributed by atoms with E-state index in [1.807, 2.05) is 18.2 Å². The quantitative estimate of drug-likeness (QED) is 0.664. The number of amides is 1. The third-order valence-corrected chi connectivity index (χ3v) is 6.90. The summed E-state index contributed by atoms with van der Waals surface area (Å²) in [5.41, 5.74) is 3.30. The summed E-state index contributed by atoms with van der Waals surface area (Å²) in [6, 6.07) is 7.22. The predicted molar refractivity (Wildman–Crippen MR) is 103 cm³/mol. The van der Waals surface area contributed by atoms with Gasteiger partial charge in [0, 0.05) is 25.2 Å². The van der Waals surface area contributed by atoms with E-state index in [9.17, 15) is 18.3 Å². The minimum atomic E-state index is -4.21. The zero-order chi connectivity index (χ0) is 20.3. The van der Waals surface area contributed by atoms with Crippen molar-refractivity contribution in [2.24, 2.45) is 0 Å². The minimum Gasteiger partial charge on any atom is -0.506 e. The Morgan fingerprint density at radius 3 is 2.72 bits per heavy atom. The second-order valence-corrected chi connectivity index (χ2v) is 8.98. The summed E-state index contributed by atoms with van der Waals surface area (Å²) in [5, 5.41) is 10.3. The van der Waals surface area contributed by atoms with Crippen molar-refractivity contribution >= 4 is 33.0 Å². The number of nitrogens with one attached hydrogen (secondary N) is 1. The molecule has 10 heteroatoms. The summed E-state index contributed by atoms with van der Waals surface area (Å²) in [6.45, 7) is 1.12. The van der Waals surface area contributed by atoms with Gasteiger partial charge < -0.3 is 9.52 Å². The molecule has 1 amide bonds. The van der Waals surface area contributed by atoms with Crippen LogP contribution in [0.1, 0.15) is 16.7 Å². The Morgan fingerprint density at radius 2 is 2.07 bits per heavy atom. The van der Waals surface area contributed by atoms with Crippen molar-refractivity contribution in [3.05, 3.63) is 46.8 Å². The highest BCUT2D eigenvalue weighted by Crippen LogP contribution is 2.39. The van der Waals surface area contributed by atoms with E-state index in [1.54, 1.807) is 4.72 Å². The molecule has 1 saturated heterocycles. The van der Waals surface area contributed by atoms with E-state index >= 15 is 4.39 Å². The summed E-state index contributed by atoms with van der Waals surface area (Å²) >= 11 is 0. The molecule has 0 atom stereocenters. The van der Waals surface area contributed by atoms with Crippen molar-refractivity contribution in [2.45, 2.75) is 19.4 Å². The lowest BCUT2D eigenvalue weighted by Crippen LogP contribution is -2.34.